The van der Waals surface area contributed by atoms with Crippen molar-refractivity contribution in [2.45, 2.75) is 19.4 Å². The fourth-order valence-corrected chi connectivity index (χ4v) is 1.14. The monoisotopic (exact) mass is 166 g/mol. The lowest BCUT2D eigenvalue weighted by atomic mass is 10.4. The molecule has 1 saturated carbocycles. The van der Waals surface area contributed by atoms with Crippen LogP contribution in [-0.2, 0) is 6.54 Å². The van der Waals surface area contributed by atoms with Crippen LogP contribution in [0.15, 0.2) is 12.4 Å². The lowest BCUT2D eigenvalue weighted by molar-refractivity contribution is 0.0697. The maximum atomic E-state index is 10.5. The number of carboxylic acid groups (broad SMARTS) is 1. The van der Waals surface area contributed by atoms with E-state index in [1.54, 1.807) is 10.9 Å². The quantitative estimate of drug-likeness (QED) is 0.728. The summed E-state index contributed by atoms with van der Waals surface area (Å²) in [6, 6.07) is 0. The van der Waals surface area contributed by atoms with Gasteiger partial charge in [-0.1, -0.05) is 0 Å². The number of aromatic nitrogens is 2. The minimum absolute atomic E-state index is 0.274. The maximum Gasteiger partial charge on any atom is 0.338 e. The van der Waals surface area contributed by atoms with E-state index in [0.29, 0.717) is 0 Å². The zero-order valence-corrected chi connectivity index (χ0v) is 6.60. The summed E-state index contributed by atoms with van der Waals surface area (Å²) in [4.78, 5) is 10.5. The summed E-state index contributed by atoms with van der Waals surface area (Å²) in [7, 11) is 0. The van der Waals surface area contributed by atoms with E-state index in [1.165, 1.54) is 19.0 Å². The number of carboxylic acids is 1. The van der Waals surface area contributed by atoms with Crippen LogP contribution < -0.4 is 0 Å². The van der Waals surface area contributed by atoms with E-state index in [4.69, 9.17) is 5.11 Å². The van der Waals surface area contributed by atoms with Gasteiger partial charge in [0.05, 0.1) is 11.8 Å². The Balaban J connectivity index is 2.06. The Kier molecular flexibility index (Phi) is 1.60. The van der Waals surface area contributed by atoms with Gasteiger partial charge in [-0.25, -0.2) is 4.79 Å². The molecule has 0 aliphatic heterocycles. The van der Waals surface area contributed by atoms with Crippen molar-refractivity contribution in [3.05, 3.63) is 18.0 Å². The highest BCUT2D eigenvalue weighted by Gasteiger charge is 2.22. The molecule has 0 saturated heterocycles. The molecular weight excluding hydrogens is 156 g/mol. The SMILES string of the molecule is O=C(O)c1cnn(CC2CC2)c1. The van der Waals surface area contributed by atoms with Crippen molar-refractivity contribution in [3.8, 4) is 0 Å². The second-order valence-corrected chi connectivity index (χ2v) is 3.20. The van der Waals surface area contributed by atoms with Crippen molar-refractivity contribution in [1.29, 1.82) is 0 Å². The molecule has 1 aliphatic rings. The van der Waals surface area contributed by atoms with Crippen LogP contribution in [0.5, 0.6) is 0 Å². The molecule has 1 heterocycles. The highest BCUT2D eigenvalue weighted by molar-refractivity contribution is 5.86. The van der Waals surface area contributed by atoms with Crippen molar-refractivity contribution in [2.75, 3.05) is 0 Å². The van der Waals surface area contributed by atoms with Crippen LogP contribution in [-0.4, -0.2) is 20.9 Å². The van der Waals surface area contributed by atoms with Crippen LogP contribution in [0.25, 0.3) is 0 Å². The normalized spacial score (nSPS) is 16.3. The molecule has 12 heavy (non-hydrogen) atoms. The van der Waals surface area contributed by atoms with E-state index in [1.807, 2.05) is 0 Å². The molecule has 0 amide bonds. The summed E-state index contributed by atoms with van der Waals surface area (Å²) < 4.78 is 1.71. The van der Waals surface area contributed by atoms with E-state index >= 15 is 0 Å². The Morgan fingerprint density at radius 2 is 2.50 bits per heavy atom. The van der Waals surface area contributed by atoms with E-state index in [-0.39, 0.29) is 5.56 Å². The molecule has 1 N–H and O–H groups in total. The summed E-state index contributed by atoms with van der Waals surface area (Å²) in [5, 5.41) is 12.5. The Hall–Kier alpha value is -1.32. The number of carbonyl (C=O) groups is 1. The summed E-state index contributed by atoms with van der Waals surface area (Å²) in [5.41, 5.74) is 0.274. The number of nitrogens with zero attached hydrogens (tertiary/aromatic N) is 2. The number of aromatic carboxylic acids is 1. The molecule has 0 aromatic carbocycles. The van der Waals surface area contributed by atoms with Crippen molar-refractivity contribution in [1.82, 2.24) is 9.78 Å². The minimum atomic E-state index is -0.906. The van der Waals surface area contributed by atoms with Crippen molar-refractivity contribution in [2.24, 2.45) is 5.92 Å². The van der Waals surface area contributed by atoms with Gasteiger partial charge in [-0.2, -0.15) is 5.10 Å². The maximum absolute atomic E-state index is 10.5. The Bertz CT molecular complexity index is 302. The van der Waals surface area contributed by atoms with Crippen molar-refractivity contribution in [3.63, 3.8) is 0 Å². The zero-order valence-electron chi connectivity index (χ0n) is 6.60. The summed E-state index contributed by atoms with van der Waals surface area (Å²) in [5.74, 6) is -0.177. The highest BCUT2D eigenvalue weighted by Crippen LogP contribution is 2.30. The molecule has 1 fully saturated rings. The fraction of sp³-hybridized carbons (Fsp3) is 0.500. The molecule has 4 nitrogen and oxygen atoms in total. The molecule has 64 valence electrons. The second kappa shape index (κ2) is 2.62. The largest absolute Gasteiger partial charge is 0.478 e. The zero-order chi connectivity index (χ0) is 8.55. The van der Waals surface area contributed by atoms with Crippen LogP contribution in [0, 0.1) is 5.92 Å². The first-order chi connectivity index (χ1) is 5.75. The molecule has 4 heteroatoms. The van der Waals surface area contributed by atoms with Crippen LogP contribution in [0.3, 0.4) is 0 Å². The van der Waals surface area contributed by atoms with Gasteiger partial charge in [0.1, 0.15) is 0 Å². The van der Waals surface area contributed by atoms with Crippen LogP contribution >= 0.6 is 0 Å². The molecule has 0 radical (unpaired) electrons. The summed E-state index contributed by atoms with van der Waals surface area (Å²) in [6.45, 7) is 0.868. The summed E-state index contributed by atoms with van der Waals surface area (Å²) in [6.07, 6.45) is 5.48. The Morgan fingerprint density at radius 1 is 1.75 bits per heavy atom. The van der Waals surface area contributed by atoms with Crippen LogP contribution in [0.1, 0.15) is 23.2 Å². The molecular formula is C8H10N2O2. The third-order valence-electron chi connectivity index (χ3n) is 2.02. The number of rotatable bonds is 3. The van der Waals surface area contributed by atoms with Crippen LogP contribution in [0.2, 0.25) is 0 Å². The molecule has 0 unspecified atom stereocenters. The Morgan fingerprint density at radius 3 is 3.00 bits per heavy atom. The lowest BCUT2D eigenvalue weighted by Crippen LogP contribution is -2.00. The molecule has 0 atom stereocenters. The minimum Gasteiger partial charge on any atom is -0.478 e. The molecule has 1 aromatic heterocycles. The smallest absolute Gasteiger partial charge is 0.338 e. The highest BCUT2D eigenvalue weighted by atomic mass is 16.4. The van der Waals surface area contributed by atoms with Crippen LogP contribution in [0.4, 0.5) is 0 Å². The van der Waals surface area contributed by atoms with Gasteiger partial charge in [-0.3, -0.25) is 4.68 Å². The van der Waals surface area contributed by atoms with Gasteiger partial charge in [0, 0.05) is 12.7 Å². The molecule has 1 aromatic rings. The van der Waals surface area contributed by atoms with E-state index in [9.17, 15) is 4.79 Å². The Labute approximate surface area is 69.8 Å². The van der Waals surface area contributed by atoms with Gasteiger partial charge >= 0.3 is 5.97 Å². The second-order valence-electron chi connectivity index (χ2n) is 3.20. The molecule has 2 rings (SSSR count). The van der Waals surface area contributed by atoms with E-state index < -0.39 is 5.97 Å². The third-order valence-corrected chi connectivity index (χ3v) is 2.02. The van der Waals surface area contributed by atoms with E-state index in [2.05, 4.69) is 5.10 Å². The van der Waals surface area contributed by atoms with Gasteiger partial charge in [0.25, 0.3) is 0 Å². The van der Waals surface area contributed by atoms with Gasteiger partial charge in [0.2, 0.25) is 0 Å². The first-order valence-corrected chi connectivity index (χ1v) is 4.01. The molecule has 1 aliphatic carbocycles. The van der Waals surface area contributed by atoms with Crippen molar-refractivity contribution < 1.29 is 9.90 Å². The first-order valence-electron chi connectivity index (χ1n) is 4.01. The van der Waals surface area contributed by atoms with Gasteiger partial charge in [0.15, 0.2) is 0 Å². The molecule has 0 bridgehead atoms. The van der Waals surface area contributed by atoms with Gasteiger partial charge < -0.3 is 5.11 Å². The lowest BCUT2D eigenvalue weighted by Gasteiger charge is -1.95. The first kappa shape index (κ1) is 7.34. The number of hydrogen-bond donors (Lipinski definition) is 1. The van der Waals surface area contributed by atoms with Gasteiger partial charge in [-0.15, -0.1) is 0 Å². The number of hydrogen-bond acceptors (Lipinski definition) is 2. The van der Waals surface area contributed by atoms with Gasteiger partial charge in [-0.05, 0) is 18.8 Å². The van der Waals surface area contributed by atoms with Crippen molar-refractivity contribution >= 4 is 5.97 Å². The molecule has 0 spiro atoms. The average molecular weight is 166 g/mol. The standard InChI is InChI=1S/C8H10N2O2/c11-8(12)7-3-9-10(5-7)4-6-1-2-6/h3,5-6H,1-2,4H2,(H,11,12). The predicted molar refractivity (Wildman–Crippen MR) is 41.9 cm³/mol. The predicted octanol–water partition coefficient (Wildman–Crippen LogP) is 0.991. The third kappa shape index (κ3) is 1.47. The topological polar surface area (TPSA) is 55.1 Å². The summed E-state index contributed by atoms with van der Waals surface area (Å²) >= 11 is 0. The average Bonchev–Trinajstić information content (AvgIpc) is 2.66. The fourth-order valence-electron chi connectivity index (χ4n) is 1.14. The van der Waals surface area contributed by atoms with E-state index in [0.717, 1.165) is 12.5 Å².